The average molecular weight is 437 g/mol. The van der Waals surface area contributed by atoms with Gasteiger partial charge in [0.2, 0.25) is 0 Å². The van der Waals surface area contributed by atoms with Crippen LogP contribution in [0.5, 0.6) is 0 Å². The third-order valence-corrected chi connectivity index (χ3v) is 6.79. The number of nitrogens with one attached hydrogen (secondary N) is 2. The van der Waals surface area contributed by atoms with Crippen LogP contribution in [0.15, 0.2) is 71.6 Å². The predicted molar refractivity (Wildman–Crippen MR) is 125 cm³/mol. The Morgan fingerprint density at radius 1 is 0.903 bits per heavy atom. The smallest absolute Gasteiger partial charge is 0.262 e. The summed E-state index contributed by atoms with van der Waals surface area (Å²) in [6.07, 6.45) is 0.723. The quantitative estimate of drug-likeness (QED) is 0.528. The topological polar surface area (TPSA) is 75.3 Å². The van der Waals surface area contributed by atoms with Gasteiger partial charge in [-0.25, -0.2) is 8.42 Å². The molecule has 0 aliphatic carbocycles. The number of hydrogen-bond donors (Lipinski definition) is 2. The Balaban J connectivity index is 1.87. The van der Waals surface area contributed by atoms with Crippen molar-refractivity contribution in [3.8, 4) is 0 Å². The number of carbonyl (C=O) groups is 1. The molecule has 3 aromatic rings. The van der Waals surface area contributed by atoms with Gasteiger partial charge in [-0.2, -0.15) is 0 Å². The summed E-state index contributed by atoms with van der Waals surface area (Å²) in [6, 6.07) is 19.8. The fourth-order valence-corrected chi connectivity index (χ4v) is 4.91. The summed E-state index contributed by atoms with van der Waals surface area (Å²) in [4.78, 5) is 13.0. The Labute approximate surface area is 184 Å². The highest BCUT2D eigenvalue weighted by atomic mass is 32.2. The molecule has 0 fully saturated rings. The lowest BCUT2D eigenvalue weighted by Crippen LogP contribution is -2.28. The van der Waals surface area contributed by atoms with Crippen LogP contribution >= 0.6 is 0 Å². The fraction of sp³-hybridized carbons (Fsp3) is 0.240. The van der Waals surface area contributed by atoms with Crippen LogP contribution in [0.1, 0.15) is 52.0 Å². The molecule has 162 valence electrons. The molecule has 0 radical (unpaired) electrons. The molecule has 1 atom stereocenters. The minimum Gasteiger partial charge on any atom is -0.345 e. The van der Waals surface area contributed by atoms with Gasteiger partial charge >= 0.3 is 0 Å². The molecule has 1 amide bonds. The second kappa shape index (κ2) is 9.35. The van der Waals surface area contributed by atoms with Gasteiger partial charge in [0, 0.05) is 5.56 Å². The van der Waals surface area contributed by atoms with Crippen molar-refractivity contribution in [2.45, 2.75) is 45.1 Å². The molecule has 0 saturated heterocycles. The lowest BCUT2D eigenvalue weighted by Gasteiger charge is -2.18. The van der Waals surface area contributed by atoms with Crippen molar-refractivity contribution in [3.63, 3.8) is 0 Å². The van der Waals surface area contributed by atoms with Crippen molar-refractivity contribution in [3.05, 3.63) is 94.5 Å². The summed E-state index contributed by atoms with van der Waals surface area (Å²) >= 11 is 0. The number of hydrogen-bond acceptors (Lipinski definition) is 3. The number of anilines is 1. The van der Waals surface area contributed by atoms with Crippen molar-refractivity contribution in [1.29, 1.82) is 0 Å². The molecule has 0 bridgehead atoms. The third-order valence-electron chi connectivity index (χ3n) is 5.28. The lowest BCUT2D eigenvalue weighted by molar-refractivity contribution is 0.0935. The van der Waals surface area contributed by atoms with E-state index < -0.39 is 10.0 Å². The summed E-state index contributed by atoms with van der Waals surface area (Å²) < 4.78 is 28.8. The minimum atomic E-state index is -3.85. The van der Waals surface area contributed by atoms with Crippen LogP contribution in [0.4, 0.5) is 5.69 Å². The molecular weight excluding hydrogens is 408 g/mol. The van der Waals surface area contributed by atoms with Gasteiger partial charge in [0.05, 0.1) is 16.6 Å². The number of carbonyl (C=O) groups excluding carboxylic acids is 1. The number of sulfonamides is 1. The van der Waals surface area contributed by atoms with Crippen molar-refractivity contribution < 1.29 is 13.2 Å². The van der Waals surface area contributed by atoms with Gasteiger partial charge in [-0.3, -0.25) is 9.52 Å². The van der Waals surface area contributed by atoms with E-state index in [9.17, 15) is 13.2 Å². The van der Waals surface area contributed by atoms with E-state index in [1.54, 1.807) is 25.1 Å². The average Bonchev–Trinajstić information content (AvgIpc) is 2.74. The van der Waals surface area contributed by atoms with Gasteiger partial charge in [0.25, 0.3) is 15.9 Å². The van der Waals surface area contributed by atoms with E-state index in [4.69, 9.17) is 0 Å². The molecule has 3 aromatic carbocycles. The van der Waals surface area contributed by atoms with Crippen LogP contribution in [0, 0.1) is 20.8 Å². The van der Waals surface area contributed by atoms with Gasteiger partial charge in [-0.15, -0.1) is 0 Å². The van der Waals surface area contributed by atoms with Crippen molar-refractivity contribution in [2.75, 3.05) is 4.72 Å². The number of rotatable bonds is 7. The standard InChI is InChI=1S/C25H28N2O3S/c1-5-22(20-9-7-6-8-10-20)26-25(28)21-13-12-18(3)24(16-21)31(29,30)27-23-14-11-17(2)15-19(23)4/h6-16,22,27H,5H2,1-4H3,(H,26,28)/t22-/m0/s1. The number of amides is 1. The zero-order chi connectivity index (χ0) is 22.6. The Bertz CT molecular complexity index is 1190. The summed E-state index contributed by atoms with van der Waals surface area (Å²) in [5.74, 6) is -0.307. The third kappa shape index (κ3) is 5.33. The van der Waals surface area contributed by atoms with Crippen LogP contribution in [-0.4, -0.2) is 14.3 Å². The largest absolute Gasteiger partial charge is 0.345 e. The monoisotopic (exact) mass is 436 g/mol. The van der Waals surface area contributed by atoms with Crippen molar-refractivity contribution >= 4 is 21.6 Å². The zero-order valence-corrected chi connectivity index (χ0v) is 19.1. The van der Waals surface area contributed by atoms with E-state index in [-0.39, 0.29) is 16.8 Å². The van der Waals surface area contributed by atoms with Gasteiger partial charge in [-0.1, -0.05) is 61.0 Å². The molecule has 6 heteroatoms. The van der Waals surface area contributed by atoms with Crippen molar-refractivity contribution in [2.24, 2.45) is 0 Å². The first-order chi connectivity index (χ1) is 14.7. The second-order valence-electron chi connectivity index (χ2n) is 7.75. The van der Waals surface area contributed by atoms with E-state index in [1.165, 1.54) is 6.07 Å². The Hall–Kier alpha value is -3.12. The molecule has 0 aliphatic rings. The van der Waals surface area contributed by atoms with Gasteiger partial charge < -0.3 is 5.32 Å². The summed E-state index contributed by atoms with van der Waals surface area (Å²) in [7, 11) is -3.85. The highest BCUT2D eigenvalue weighted by Gasteiger charge is 2.21. The number of benzene rings is 3. The Morgan fingerprint density at radius 3 is 2.26 bits per heavy atom. The first-order valence-corrected chi connectivity index (χ1v) is 11.8. The molecule has 0 unspecified atom stereocenters. The van der Waals surface area contributed by atoms with Gasteiger partial charge in [-0.05, 0) is 62.1 Å². The molecule has 5 nitrogen and oxygen atoms in total. The first kappa shape index (κ1) is 22.6. The molecule has 0 heterocycles. The zero-order valence-electron chi connectivity index (χ0n) is 18.3. The normalized spacial score (nSPS) is 12.3. The highest BCUT2D eigenvalue weighted by molar-refractivity contribution is 7.92. The molecule has 3 rings (SSSR count). The van der Waals surface area contributed by atoms with Crippen molar-refractivity contribution in [1.82, 2.24) is 5.32 Å². The van der Waals surface area contributed by atoms with E-state index >= 15 is 0 Å². The van der Waals surface area contributed by atoms with E-state index in [2.05, 4.69) is 10.0 Å². The van der Waals surface area contributed by atoms with Crippen LogP contribution in [0.25, 0.3) is 0 Å². The minimum absolute atomic E-state index is 0.0906. The number of aryl methyl sites for hydroxylation is 3. The van der Waals surface area contributed by atoms with Crippen LogP contribution < -0.4 is 10.0 Å². The molecule has 2 N–H and O–H groups in total. The molecular formula is C25H28N2O3S. The Morgan fingerprint density at radius 2 is 1.61 bits per heavy atom. The summed E-state index contributed by atoms with van der Waals surface area (Å²) in [5, 5.41) is 3.01. The van der Waals surface area contributed by atoms with E-state index in [1.807, 2.05) is 63.2 Å². The SMILES string of the molecule is CC[C@H](NC(=O)c1ccc(C)c(S(=O)(=O)Nc2ccc(C)cc2C)c1)c1ccccc1. The maximum Gasteiger partial charge on any atom is 0.262 e. The summed E-state index contributed by atoms with van der Waals surface area (Å²) in [5.41, 5.74) is 4.30. The molecule has 0 saturated carbocycles. The molecule has 0 aromatic heterocycles. The van der Waals surface area contributed by atoms with Gasteiger partial charge in [0.1, 0.15) is 0 Å². The van der Waals surface area contributed by atoms with E-state index in [0.29, 0.717) is 16.8 Å². The Kier molecular flexibility index (Phi) is 6.81. The van der Waals surface area contributed by atoms with Crippen LogP contribution in [0.2, 0.25) is 0 Å². The maximum absolute atomic E-state index is 13.1. The predicted octanol–water partition coefficient (Wildman–Crippen LogP) is 5.29. The first-order valence-electron chi connectivity index (χ1n) is 10.3. The van der Waals surface area contributed by atoms with Crippen LogP contribution in [-0.2, 0) is 10.0 Å². The van der Waals surface area contributed by atoms with Crippen LogP contribution in [0.3, 0.4) is 0 Å². The lowest BCUT2D eigenvalue weighted by atomic mass is 10.0. The maximum atomic E-state index is 13.1. The molecule has 0 aliphatic heterocycles. The second-order valence-corrected chi connectivity index (χ2v) is 9.40. The van der Waals surface area contributed by atoms with E-state index in [0.717, 1.165) is 23.1 Å². The van der Waals surface area contributed by atoms with Gasteiger partial charge in [0.15, 0.2) is 0 Å². The fourth-order valence-electron chi connectivity index (χ4n) is 3.51. The summed E-state index contributed by atoms with van der Waals surface area (Å²) in [6.45, 7) is 7.53. The molecule has 31 heavy (non-hydrogen) atoms. The highest BCUT2D eigenvalue weighted by Crippen LogP contribution is 2.24. The molecule has 0 spiro atoms.